The summed E-state index contributed by atoms with van der Waals surface area (Å²) in [5.74, 6) is -0.961. The highest BCUT2D eigenvalue weighted by Crippen LogP contribution is 2.35. The Labute approximate surface area is 238 Å². The van der Waals surface area contributed by atoms with E-state index in [0.717, 1.165) is 56.8 Å². The molecule has 0 saturated carbocycles. The van der Waals surface area contributed by atoms with Gasteiger partial charge in [0, 0.05) is 63.2 Å². The Morgan fingerprint density at radius 1 is 1.08 bits per heavy atom. The molecule has 0 radical (unpaired) electrons. The van der Waals surface area contributed by atoms with Gasteiger partial charge in [0.1, 0.15) is 5.75 Å². The largest absolute Gasteiger partial charge is 0.494 e. The van der Waals surface area contributed by atoms with Gasteiger partial charge in [0.15, 0.2) is 0 Å². The molecule has 39 heavy (non-hydrogen) atoms. The molecule has 0 spiro atoms. The molecule has 2 aromatic rings. The van der Waals surface area contributed by atoms with Gasteiger partial charge >= 0.3 is 5.97 Å². The summed E-state index contributed by atoms with van der Waals surface area (Å²) in [7, 11) is 0. The summed E-state index contributed by atoms with van der Waals surface area (Å²) in [5, 5.41) is 15.5. The SMILES string of the molecule is O=C(O)CCC(=O)NCC1CC(=O)Nc2cc(OCCCCN3CCN(c4cccc(Cl)c4Cl)CC3)ccc21. The van der Waals surface area contributed by atoms with E-state index in [1.54, 1.807) is 6.07 Å². The van der Waals surface area contributed by atoms with Gasteiger partial charge < -0.3 is 25.4 Å². The third kappa shape index (κ3) is 8.24. The number of anilines is 2. The van der Waals surface area contributed by atoms with Gasteiger partial charge in [0.05, 0.1) is 28.8 Å². The lowest BCUT2D eigenvalue weighted by Gasteiger charge is -2.36. The van der Waals surface area contributed by atoms with Crippen molar-refractivity contribution in [3.05, 3.63) is 52.0 Å². The predicted molar refractivity (Wildman–Crippen MR) is 152 cm³/mol. The molecule has 0 aromatic heterocycles. The van der Waals surface area contributed by atoms with E-state index in [9.17, 15) is 14.4 Å². The highest BCUT2D eigenvalue weighted by atomic mass is 35.5. The summed E-state index contributed by atoms with van der Waals surface area (Å²) in [5.41, 5.74) is 2.61. The number of piperazine rings is 1. The van der Waals surface area contributed by atoms with Gasteiger partial charge in [0.2, 0.25) is 11.8 Å². The fourth-order valence-corrected chi connectivity index (χ4v) is 5.34. The normalized spacial score (nSPS) is 17.3. The Hall–Kier alpha value is -3.01. The van der Waals surface area contributed by atoms with Crippen LogP contribution in [0.25, 0.3) is 0 Å². The first-order valence-corrected chi connectivity index (χ1v) is 14.0. The van der Waals surface area contributed by atoms with Crippen LogP contribution in [-0.4, -0.2) is 73.7 Å². The molecule has 2 aromatic carbocycles. The number of halogens is 2. The first kappa shape index (κ1) is 29.0. The molecule has 9 nitrogen and oxygen atoms in total. The zero-order valence-corrected chi connectivity index (χ0v) is 23.3. The highest BCUT2D eigenvalue weighted by molar-refractivity contribution is 6.43. The van der Waals surface area contributed by atoms with E-state index in [1.165, 1.54) is 0 Å². The number of unbranched alkanes of at least 4 members (excludes halogenated alkanes) is 1. The predicted octanol–water partition coefficient (Wildman–Crippen LogP) is 4.38. The van der Waals surface area contributed by atoms with Crippen molar-refractivity contribution in [2.45, 2.75) is 38.0 Å². The Balaban J connectivity index is 1.17. The fourth-order valence-electron chi connectivity index (χ4n) is 4.93. The third-order valence-electron chi connectivity index (χ3n) is 7.06. The number of benzene rings is 2. The van der Waals surface area contributed by atoms with Crippen molar-refractivity contribution in [1.82, 2.24) is 10.2 Å². The molecular weight excluding hydrogens is 543 g/mol. The van der Waals surface area contributed by atoms with Crippen molar-refractivity contribution in [3.63, 3.8) is 0 Å². The summed E-state index contributed by atoms with van der Waals surface area (Å²) >= 11 is 12.5. The molecule has 1 saturated heterocycles. The first-order valence-electron chi connectivity index (χ1n) is 13.3. The van der Waals surface area contributed by atoms with E-state index in [4.69, 9.17) is 33.0 Å². The number of nitrogens with one attached hydrogen (secondary N) is 2. The van der Waals surface area contributed by atoms with Gasteiger partial charge in [0.25, 0.3) is 0 Å². The maximum absolute atomic E-state index is 12.2. The van der Waals surface area contributed by atoms with Crippen molar-refractivity contribution in [3.8, 4) is 5.75 Å². The van der Waals surface area contributed by atoms with E-state index in [0.29, 0.717) is 28.1 Å². The van der Waals surface area contributed by atoms with Crippen LogP contribution in [0.1, 0.15) is 43.6 Å². The maximum atomic E-state index is 12.2. The molecule has 2 aliphatic rings. The van der Waals surface area contributed by atoms with Crippen LogP contribution in [0.2, 0.25) is 10.0 Å². The van der Waals surface area contributed by atoms with Crippen molar-refractivity contribution in [2.24, 2.45) is 0 Å². The number of carbonyl (C=O) groups excluding carboxylic acids is 2. The smallest absolute Gasteiger partial charge is 0.303 e. The second-order valence-electron chi connectivity index (χ2n) is 9.85. The molecule has 0 bridgehead atoms. The average molecular weight is 578 g/mol. The molecule has 1 fully saturated rings. The summed E-state index contributed by atoms with van der Waals surface area (Å²) in [6.07, 6.45) is 1.89. The molecular formula is C28H34Cl2N4O5. The van der Waals surface area contributed by atoms with Gasteiger partial charge in [-0.05, 0) is 43.1 Å². The zero-order valence-electron chi connectivity index (χ0n) is 21.8. The van der Waals surface area contributed by atoms with E-state index < -0.39 is 5.97 Å². The van der Waals surface area contributed by atoms with E-state index in [2.05, 4.69) is 20.4 Å². The number of rotatable bonds is 12. The molecule has 210 valence electrons. The molecule has 1 unspecified atom stereocenters. The van der Waals surface area contributed by atoms with Crippen LogP contribution < -0.4 is 20.3 Å². The number of hydrogen-bond donors (Lipinski definition) is 3. The summed E-state index contributed by atoms with van der Waals surface area (Å²) in [4.78, 5) is 39.5. The van der Waals surface area contributed by atoms with Gasteiger partial charge in [-0.2, -0.15) is 0 Å². The third-order valence-corrected chi connectivity index (χ3v) is 7.87. The molecule has 11 heteroatoms. The Kier molecular flexibility index (Phi) is 10.3. The second-order valence-corrected chi connectivity index (χ2v) is 10.6. The standard InChI is InChI=1S/C28H34Cl2N4O5/c29-22-4-3-5-24(28(22)30)34-13-11-33(12-14-34)10-1-2-15-39-20-6-7-21-19(16-26(36)32-23(21)17-20)18-31-25(35)8-9-27(37)38/h3-7,17,19H,1-2,8-16,18H2,(H,31,35)(H,32,36)(H,37,38). The average Bonchev–Trinajstić information content (AvgIpc) is 2.92. The molecule has 2 amide bonds. The minimum absolute atomic E-state index is 0.0814. The first-order chi connectivity index (χ1) is 18.8. The number of hydrogen-bond acceptors (Lipinski definition) is 6. The van der Waals surface area contributed by atoms with E-state index in [-0.39, 0.29) is 43.5 Å². The topological polar surface area (TPSA) is 111 Å². The highest BCUT2D eigenvalue weighted by Gasteiger charge is 2.26. The van der Waals surface area contributed by atoms with E-state index >= 15 is 0 Å². The molecule has 1 atom stereocenters. The van der Waals surface area contributed by atoms with Crippen LogP contribution in [0.4, 0.5) is 11.4 Å². The molecule has 3 N–H and O–H groups in total. The van der Waals surface area contributed by atoms with Gasteiger partial charge in [-0.3, -0.25) is 19.3 Å². The monoisotopic (exact) mass is 576 g/mol. The number of carboxylic acid groups (broad SMARTS) is 1. The van der Waals surface area contributed by atoms with Crippen molar-refractivity contribution < 1.29 is 24.2 Å². The maximum Gasteiger partial charge on any atom is 0.303 e. The summed E-state index contributed by atoms with van der Waals surface area (Å²) in [6, 6.07) is 11.4. The van der Waals surface area contributed by atoms with Gasteiger partial charge in [-0.1, -0.05) is 35.3 Å². The fraction of sp³-hybridized carbons (Fsp3) is 0.464. The number of amides is 2. The van der Waals surface area contributed by atoms with Crippen LogP contribution in [0.5, 0.6) is 5.75 Å². The Morgan fingerprint density at radius 2 is 1.87 bits per heavy atom. The van der Waals surface area contributed by atoms with Crippen LogP contribution >= 0.6 is 23.2 Å². The van der Waals surface area contributed by atoms with Crippen molar-refractivity contribution >= 4 is 52.4 Å². The van der Waals surface area contributed by atoms with Crippen molar-refractivity contribution in [1.29, 1.82) is 0 Å². The zero-order chi connectivity index (χ0) is 27.8. The number of nitrogens with zero attached hydrogens (tertiary/aromatic N) is 2. The van der Waals surface area contributed by atoms with Gasteiger partial charge in [-0.15, -0.1) is 0 Å². The number of fused-ring (bicyclic) bond motifs is 1. The molecule has 2 aliphatic heterocycles. The number of carboxylic acids is 1. The summed E-state index contributed by atoms with van der Waals surface area (Å²) in [6.45, 7) is 5.60. The minimum Gasteiger partial charge on any atom is -0.494 e. The lowest BCUT2D eigenvalue weighted by molar-refractivity contribution is -0.138. The second kappa shape index (κ2) is 13.9. The summed E-state index contributed by atoms with van der Waals surface area (Å²) < 4.78 is 5.95. The van der Waals surface area contributed by atoms with Crippen LogP contribution in [0, 0.1) is 0 Å². The van der Waals surface area contributed by atoms with Crippen LogP contribution in [-0.2, 0) is 14.4 Å². The molecule has 2 heterocycles. The van der Waals surface area contributed by atoms with Gasteiger partial charge in [-0.25, -0.2) is 0 Å². The van der Waals surface area contributed by atoms with Crippen LogP contribution in [0.3, 0.4) is 0 Å². The lowest BCUT2D eigenvalue weighted by Crippen LogP contribution is -2.46. The quantitative estimate of drug-likeness (QED) is 0.321. The molecule has 4 rings (SSSR count). The van der Waals surface area contributed by atoms with Crippen molar-refractivity contribution in [2.75, 3.05) is 56.1 Å². The Bertz CT molecular complexity index is 1190. The van der Waals surface area contributed by atoms with Crippen LogP contribution in [0.15, 0.2) is 36.4 Å². The Morgan fingerprint density at radius 3 is 2.64 bits per heavy atom. The number of carbonyl (C=O) groups is 3. The number of aliphatic carboxylic acids is 1. The molecule has 0 aliphatic carbocycles. The van der Waals surface area contributed by atoms with E-state index in [1.807, 2.05) is 30.3 Å². The number of ether oxygens (including phenoxy) is 1. The lowest BCUT2D eigenvalue weighted by atomic mass is 9.90. The minimum atomic E-state index is -1.02.